The van der Waals surface area contributed by atoms with Gasteiger partial charge < -0.3 is 30.3 Å². The van der Waals surface area contributed by atoms with E-state index in [9.17, 15) is 35.1 Å². The summed E-state index contributed by atoms with van der Waals surface area (Å²) in [6.07, 6.45) is 0.272. The molecule has 0 saturated carbocycles. The number of phenols is 5. The number of rotatable bonds is 8. The van der Waals surface area contributed by atoms with Crippen LogP contribution >= 0.6 is 0 Å². The van der Waals surface area contributed by atoms with Crippen molar-refractivity contribution in [3.63, 3.8) is 0 Å². The summed E-state index contributed by atoms with van der Waals surface area (Å²) in [5.41, 5.74) is -0.490. The number of ether oxygens (including phenoxy) is 1. The number of carbonyl (C=O) groups is 2. The van der Waals surface area contributed by atoms with Crippen molar-refractivity contribution in [2.75, 3.05) is 7.11 Å². The van der Waals surface area contributed by atoms with Crippen molar-refractivity contribution in [1.82, 2.24) is 0 Å². The minimum Gasteiger partial charge on any atom is -0.507 e. The summed E-state index contributed by atoms with van der Waals surface area (Å²) in [6.45, 7) is 6.24. The number of Topliss-reactive ketones (excluding diaryl/α,β-unsaturated/α-hetero) is 2. The van der Waals surface area contributed by atoms with Crippen LogP contribution in [0.3, 0.4) is 0 Å². The number of aromatic hydroxyl groups is 5. The van der Waals surface area contributed by atoms with E-state index in [-0.39, 0.29) is 58.4 Å². The fourth-order valence-corrected chi connectivity index (χ4v) is 3.63. The molecule has 0 radical (unpaired) electrons. The molecule has 0 atom stereocenters. The van der Waals surface area contributed by atoms with Gasteiger partial charge in [0.2, 0.25) is 0 Å². The average Bonchev–Trinajstić information content (AvgIpc) is 2.73. The molecule has 0 aliphatic carbocycles. The van der Waals surface area contributed by atoms with Crippen molar-refractivity contribution in [3.8, 4) is 34.5 Å². The first-order chi connectivity index (χ1) is 14.5. The molecule has 8 heteroatoms. The molecule has 168 valence electrons. The molecule has 0 spiro atoms. The number of carbonyl (C=O) groups excluding carboxylic acids is 2. The van der Waals surface area contributed by atoms with Crippen molar-refractivity contribution in [3.05, 3.63) is 33.4 Å². The lowest BCUT2D eigenvalue weighted by Gasteiger charge is -2.20. The predicted molar refractivity (Wildman–Crippen MR) is 114 cm³/mol. The van der Waals surface area contributed by atoms with Crippen LogP contribution in [0.25, 0.3) is 0 Å². The lowest BCUT2D eigenvalue weighted by molar-refractivity contribution is 0.0970. The maximum absolute atomic E-state index is 12.5. The van der Waals surface area contributed by atoms with E-state index in [1.165, 1.54) is 21.0 Å². The maximum atomic E-state index is 12.5. The standard InChI is InChI=1S/C23H28O8/c1-6-8-15(25)17-20(28)11(4)23(31-5)13(22(17)30)9-12-18(26)10(3)19(27)16(21(12)29)14(24)7-2/h26-30H,6-9H2,1-5H3. The minimum atomic E-state index is -0.624. The van der Waals surface area contributed by atoms with Gasteiger partial charge in [-0.2, -0.15) is 0 Å². The smallest absolute Gasteiger partial charge is 0.170 e. The van der Waals surface area contributed by atoms with Crippen LogP contribution in [0.1, 0.15) is 76.1 Å². The van der Waals surface area contributed by atoms with E-state index in [2.05, 4.69) is 0 Å². The summed E-state index contributed by atoms with van der Waals surface area (Å²) in [5, 5.41) is 52.9. The van der Waals surface area contributed by atoms with Crippen LogP contribution in [0.2, 0.25) is 0 Å². The average molecular weight is 432 g/mol. The molecular formula is C23H28O8. The van der Waals surface area contributed by atoms with Crippen LogP contribution in [0, 0.1) is 13.8 Å². The van der Waals surface area contributed by atoms with Gasteiger partial charge in [-0.1, -0.05) is 13.8 Å². The third-order valence-electron chi connectivity index (χ3n) is 5.40. The Morgan fingerprint density at radius 3 is 1.77 bits per heavy atom. The zero-order valence-corrected chi connectivity index (χ0v) is 18.3. The second-order valence-electron chi connectivity index (χ2n) is 7.36. The minimum absolute atomic E-state index is 0.00727. The quantitative estimate of drug-likeness (QED) is 0.394. The molecule has 0 saturated heterocycles. The second kappa shape index (κ2) is 9.16. The highest BCUT2D eigenvalue weighted by Crippen LogP contribution is 2.48. The van der Waals surface area contributed by atoms with Crippen LogP contribution in [-0.4, -0.2) is 44.2 Å². The zero-order chi connectivity index (χ0) is 23.6. The van der Waals surface area contributed by atoms with Crippen LogP contribution in [-0.2, 0) is 6.42 Å². The molecule has 2 aromatic carbocycles. The molecule has 0 amide bonds. The molecule has 0 fully saturated rings. The summed E-state index contributed by atoms with van der Waals surface area (Å²) in [6, 6.07) is 0. The summed E-state index contributed by atoms with van der Waals surface area (Å²) in [4.78, 5) is 24.8. The van der Waals surface area contributed by atoms with Gasteiger partial charge in [0.05, 0.1) is 7.11 Å². The predicted octanol–water partition coefficient (Wildman–Crippen LogP) is 4.01. The Kier molecular flexibility index (Phi) is 7.05. The highest BCUT2D eigenvalue weighted by atomic mass is 16.5. The van der Waals surface area contributed by atoms with Crippen molar-refractivity contribution in [2.24, 2.45) is 0 Å². The largest absolute Gasteiger partial charge is 0.507 e. The third kappa shape index (κ3) is 3.97. The highest BCUT2D eigenvalue weighted by Gasteiger charge is 2.30. The Morgan fingerprint density at radius 1 is 0.742 bits per heavy atom. The Hall–Kier alpha value is -3.42. The Balaban J connectivity index is 2.84. The van der Waals surface area contributed by atoms with Crippen molar-refractivity contribution < 1.29 is 39.9 Å². The van der Waals surface area contributed by atoms with Crippen LogP contribution in [0.15, 0.2) is 0 Å². The fraction of sp³-hybridized carbons (Fsp3) is 0.391. The molecule has 0 bridgehead atoms. The van der Waals surface area contributed by atoms with Gasteiger partial charge in [0.15, 0.2) is 11.6 Å². The molecule has 0 unspecified atom stereocenters. The lowest BCUT2D eigenvalue weighted by atomic mass is 9.90. The first kappa shape index (κ1) is 23.9. The summed E-state index contributed by atoms with van der Waals surface area (Å²) in [7, 11) is 1.31. The number of hydrogen-bond donors (Lipinski definition) is 5. The first-order valence-corrected chi connectivity index (χ1v) is 9.97. The van der Waals surface area contributed by atoms with Gasteiger partial charge in [0.25, 0.3) is 0 Å². The maximum Gasteiger partial charge on any atom is 0.170 e. The molecule has 2 aromatic rings. The molecule has 2 rings (SSSR count). The number of phenolic OH excluding ortho intramolecular Hbond substituents is 5. The van der Waals surface area contributed by atoms with E-state index in [0.29, 0.717) is 6.42 Å². The Morgan fingerprint density at radius 2 is 1.26 bits per heavy atom. The van der Waals surface area contributed by atoms with Gasteiger partial charge in [-0.25, -0.2) is 0 Å². The van der Waals surface area contributed by atoms with E-state index in [1.807, 2.05) is 0 Å². The van der Waals surface area contributed by atoms with E-state index < -0.39 is 40.3 Å². The number of hydrogen-bond acceptors (Lipinski definition) is 8. The van der Waals surface area contributed by atoms with Crippen molar-refractivity contribution in [2.45, 2.75) is 53.4 Å². The summed E-state index contributed by atoms with van der Waals surface area (Å²) >= 11 is 0. The Labute approximate surface area is 180 Å². The lowest BCUT2D eigenvalue weighted by Crippen LogP contribution is -2.07. The summed E-state index contributed by atoms with van der Waals surface area (Å²) in [5.74, 6) is -3.49. The van der Waals surface area contributed by atoms with E-state index >= 15 is 0 Å². The van der Waals surface area contributed by atoms with E-state index in [1.54, 1.807) is 13.8 Å². The molecule has 0 aliphatic rings. The number of benzene rings is 2. The molecule has 0 aliphatic heterocycles. The van der Waals surface area contributed by atoms with Gasteiger partial charge in [0.1, 0.15) is 45.6 Å². The molecule has 31 heavy (non-hydrogen) atoms. The van der Waals surface area contributed by atoms with Crippen molar-refractivity contribution >= 4 is 11.6 Å². The van der Waals surface area contributed by atoms with E-state index in [0.717, 1.165) is 0 Å². The number of methoxy groups -OCH3 is 1. The van der Waals surface area contributed by atoms with Crippen molar-refractivity contribution in [1.29, 1.82) is 0 Å². The normalized spacial score (nSPS) is 10.9. The van der Waals surface area contributed by atoms with Gasteiger partial charge in [-0.15, -0.1) is 0 Å². The zero-order valence-electron chi connectivity index (χ0n) is 18.3. The van der Waals surface area contributed by atoms with Gasteiger partial charge in [-0.05, 0) is 20.3 Å². The molecule has 8 nitrogen and oxygen atoms in total. The van der Waals surface area contributed by atoms with E-state index in [4.69, 9.17) is 4.74 Å². The molecule has 0 aromatic heterocycles. The Bertz CT molecular complexity index is 1050. The fourth-order valence-electron chi connectivity index (χ4n) is 3.63. The van der Waals surface area contributed by atoms with Crippen LogP contribution in [0.5, 0.6) is 34.5 Å². The topological polar surface area (TPSA) is 145 Å². The monoisotopic (exact) mass is 432 g/mol. The molecule has 0 heterocycles. The van der Waals surface area contributed by atoms with Gasteiger partial charge >= 0.3 is 0 Å². The van der Waals surface area contributed by atoms with Crippen LogP contribution < -0.4 is 4.74 Å². The third-order valence-corrected chi connectivity index (χ3v) is 5.40. The SMILES string of the molecule is CCCC(=O)c1c(O)c(C)c(OC)c(Cc2c(O)c(C)c(O)c(C(=O)CC)c2O)c1O. The van der Waals surface area contributed by atoms with Gasteiger partial charge in [0, 0.05) is 41.5 Å². The first-order valence-electron chi connectivity index (χ1n) is 9.97. The van der Waals surface area contributed by atoms with Gasteiger partial charge in [-0.3, -0.25) is 9.59 Å². The summed E-state index contributed by atoms with van der Waals surface area (Å²) < 4.78 is 5.33. The molecule has 5 N–H and O–H groups in total. The highest BCUT2D eigenvalue weighted by molar-refractivity contribution is 6.03. The van der Waals surface area contributed by atoms with Crippen LogP contribution in [0.4, 0.5) is 0 Å². The number of ketones is 2. The second-order valence-corrected chi connectivity index (χ2v) is 7.36. The molecular weight excluding hydrogens is 404 g/mol.